The van der Waals surface area contributed by atoms with Crippen molar-refractivity contribution < 1.29 is 9.47 Å². The summed E-state index contributed by atoms with van der Waals surface area (Å²) in [7, 11) is 3.48. The Labute approximate surface area is 196 Å². The van der Waals surface area contributed by atoms with Crippen molar-refractivity contribution in [1.82, 2.24) is 25.4 Å². The van der Waals surface area contributed by atoms with Crippen LogP contribution in [0.1, 0.15) is 50.4 Å². The zero-order valence-corrected chi connectivity index (χ0v) is 21.1. The Morgan fingerprint density at radius 3 is 2.52 bits per heavy atom. The van der Waals surface area contributed by atoms with Crippen LogP contribution < -0.4 is 10.6 Å². The van der Waals surface area contributed by atoms with E-state index in [9.17, 15) is 0 Å². The van der Waals surface area contributed by atoms with Crippen LogP contribution in [0.5, 0.6) is 0 Å². The summed E-state index contributed by atoms with van der Waals surface area (Å²) in [6.45, 7) is 3.70. The standard InChI is InChI=1S/C19H36N6O2S.HI/c1-20-18(22-12-7-13-27-15-14-26-2)21-11-6-10-17-23-24-19(28-3)25(17)16-8-4-5-9-16;/h16H,4-15H2,1-3H3,(H2,20,21,22);1H. The highest BCUT2D eigenvalue weighted by Gasteiger charge is 2.23. The minimum Gasteiger partial charge on any atom is -0.382 e. The molecule has 0 bridgehead atoms. The predicted molar refractivity (Wildman–Crippen MR) is 130 cm³/mol. The number of guanidine groups is 1. The largest absolute Gasteiger partial charge is 0.382 e. The third kappa shape index (κ3) is 9.39. The molecule has 29 heavy (non-hydrogen) atoms. The molecule has 1 saturated carbocycles. The first-order chi connectivity index (χ1) is 13.8. The first kappa shape index (κ1) is 26.4. The third-order valence-corrected chi connectivity index (χ3v) is 5.53. The Morgan fingerprint density at radius 1 is 1.14 bits per heavy atom. The second kappa shape index (κ2) is 16.1. The van der Waals surface area contributed by atoms with E-state index in [0.29, 0.717) is 19.3 Å². The van der Waals surface area contributed by atoms with Crippen LogP contribution in [0.15, 0.2) is 10.1 Å². The fourth-order valence-electron chi connectivity index (χ4n) is 3.45. The first-order valence-electron chi connectivity index (χ1n) is 10.3. The molecular formula is C19H37IN6O2S. The number of methoxy groups -OCH3 is 1. The molecule has 2 rings (SSSR count). The normalized spacial score (nSPS) is 14.8. The van der Waals surface area contributed by atoms with Gasteiger partial charge < -0.3 is 24.7 Å². The average molecular weight is 541 g/mol. The topological polar surface area (TPSA) is 85.6 Å². The molecular weight excluding hydrogens is 503 g/mol. The summed E-state index contributed by atoms with van der Waals surface area (Å²) in [6, 6.07) is 0.584. The first-order valence-corrected chi connectivity index (χ1v) is 11.5. The van der Waals surface area contributed by atoms with Crippen molar-refractivity contribution in [2.45, 2.75) is 56.1 Å². The molecule has 0 saturated heterocycles. The van der Waals surface area contributed by atoms with Gasteiger partial charge in [-0.2, -0.15) is 0 Å². The van der Waals surface area contributed by atoms with Gasteiger partial charge in [-0.05, 0) is 31.9 Å². The lowest BCUT2D eigenvalue weighted by atomic mass is 10.2. The van der Waals surface area contributed by atoms with Gasteiger partial charge in [0.25, 0.3) is 0 Å². The number of aromatic nitrogens is 3. The molecule has 10 heteroatoms. The molecule has 0 aromatic carbocycles. The van der Waals surface area contributed by atoms with Gasteiger partial charge in [0, 0.05) is 46.3 Å². The summed E-state index contributed by atoms with van der Waals surface area (Å²) in [6.07, 6.45) is 10.1. The van der Waals surface area contributed by atoms with Crippen molar-refractivity contribution in [2.24, 2.45) is 4.99 Å². The Hall–Kier alpha value is -0.590. The van der Waals surface area contributed by atoms with E-state index in [1.165, 1.54) is 25.7 Å². The molecule has 1 aliphatic rings. The van der Waals surface area contributed by atoms with Crippen LogP contribution in [-0.4, -0.2) is 74.0 Å². The maximum atomic E-state index is 5.46. The summed E-state index contributed by atoms with van der Waals surface area (Å²) >= 11 is 1.70. The van der Waals surface area contributed by atoms with E-state index in [4.69, 9.17) is 9.47 Å². The Balaban J connectivity index is 0.00000420. The summed E-state index contributed by atoms with van der Waals surface area (Å²) in [5.74, 6) is 1.95. The number of thioether (sulfide) groups is 1. The minimum absolute atomic E-state index is 0. The van der Waals surface area contributed by atoms with E-state index in [1.54, 1.807) is 25.9 Å². The van der Waals surface area contributed by atoms with E-state index in [1.807, 2.05) is 0 Å². The zero-order chi connectivity index (χ0) is 20.0. The molecule has 1 aromatic rings. The Morgan fingerprint density at radius 2 is 1.86 bits per heavy atom. The van der Waals surface area contributed by atoms with Gasteiger partial charge >= 0.3 is 0 Å². The SMILES string of the molecule is CN=C(NCCCOCCOC)NCCCc1nnc(SC)n1C1CCCC1.I. The van der Waals surface area contributed by atoms with E-state index in [0.717, 1.165) is 55.9 Å². The minimum atomic E-state index is 0. The number of hydrogen-bond donors (Lipinski definition) is 2. The van der Waals surface area contributed by atoms with Crippen LogP contribution in [0.2, 0.25) is 0 Å². The van der Waals surface area contributed by atoms with Gasteiger partial charge in [0.2, 0.25) is 0 Å². The number of hydrogen-bond acceptors (Lipinski definition) is 6. The predicted octanol–water partition coefficient (Wildman–Crippen LogP) is 2.88. The molecule has 2 N–H and O–H groups in total. The van der Waals surface area contributed by atoms with Crippen molar-refractivity contribution >= 4 is 41.7 Å². The van der Waals surface area contributed by atoms with Crippen LogP contribution in [0.3, 0.4) is 0 Å². The van der Waals surface area contributed by atoms with Crippen molar-refractivity contribution in [1.29, 1.82) is 0 Å². The molecule has 0 atom stereocenters. The highest BCUT2D eigenvalue weighted by atomic mass is 127. The third-order valence-electron chi connectivity index (χ3n) is 4.89. The number of rotatable bonds is 13. The lowest BCUT2D eigenvalue weighted by molar-refractivity contribution is 0.0698. The monoisotopic (exact) mass is 540 g/mol. The van der Waals surface area contributed by atoms with Crippen LogP contribution >= 0.6 is 35.7 Å². The van der Waals surface area contributed by atoms with Gasteiger partial charge in [0.05, 0.1) is 13.2 Å². The lowest BCUT2D eigenvalue weighted by Gasteiger charge is -2.16. The highest BCUT2D eigenvalue weighted by Crippen LogP contribution is 2.33. The molecule has 1 fully saturated rings. The zero-order valence-electron chi connectivity index (χ0n) is 18.0. The maximum absolute atomic E-state index is 5.46. The maximum Gasteiger partial charge on any atom is 0.191 e. The number of aryl methyl sites for hydroxylation is 1. The van der Waals surface area contributed by atoms with Crippen molar-refractivity contribution in [3.05, 3.63) is 5.82 Å². The second-order valence-electron chi connectivity index (χ2n) is 6.90. The molecule has 1 aliphatic carbocycles. The number of aliphatic imine (C=N–C) groups is 1. The Bertz CT molecular complexity index is 581. The van der Waals surface area contributed by atoms with E-state index in [2.05, 4.69) is 36.6 Å². The molecule has 0 aliphatic heterocycles. The number of halogens is 1. The smallest absolute Gasteiger partial charge is 0.191 e. The summed E-state index contributed by atoms with van der Waals surface area (Å²) in [4.78, 5) is 4.27. The fraction of sp³-hybridized carbons (Fsp3) is 0.842. The molecule has 1 heterocycles. The second-order valence-corrected chi connectivity index (χ2v) is 7.67. The molecule has 8 nitrogen and oxygen atoms in total. The van der Waals surface area contributed by atoms with Gasteiger partial charge in [-0.3, -0.25) is 4.99 Å². The number of nitrogens with one attached hydrogen (secondary N) is 2. The average Bonchev–Trinajstić information content (AvgIpc) is 3.37. The van der Waals surface area contributed by atoms with Crippen LogP contribution in [0.4, 0.5) is 0 Å². The van der Waals surface area contributed by atoms with Gasteiger partial charge in [0.15, 0.2) is 11.1 Å². The van der Waals surface area contributed by atoms with Crippen LogP contribution in [0, 0.1) is 0 Å². The molecule has 1 aromatic heterocycles. The number of nitrogens with zero attached hydrogens (tertiary/aromatic N) is 4. The highest BCUT2D eigenvalue weighted by molar-refractivity contribution is 14.0. The molecule has 168 valence electrons. The van der Waals surface area contributed by atoms with Crippen molar-refractivity contribution in [2.75, 3.05) is 53.3 Å². The summed E-state index contributed by atoms with van der Waals surface area (Å²) in [5.41, 5.74) is 0. The van der Waals surface area contributed by atoms with Gasteiger partial charge in [-0.25, -0.2) is 0 Å². The lowest BCUT2D eigenvalue weighted by Crippen LogP contribution is -2.38. The fourth-order valence-corrected chi connectivity index (χ4v) is 4.02. The molecule has 0 spiro atoms. The van der Waals surface area contributed by atoms with E-state index < -0.39 is 0 Å². The van der Waals surface area contributed by atoms with Gasteiger partial charge in [-0.15, -0.1) is 34.2 Å². The Kier molecular flexibility index (Phi) is 14.7. The number of ether oxygens (including phenoxy) is 2. The van der Waals surface area contributed by atoms with Crippen molar-refractivity contribution in [3.8, 4) is 0 Å². The van der Waals surface area contributed by atoms with Gasteiger partial charge in [-0.1, -0.05) is 24.6 Å². The van der Waals surface area contributed by atoms with Crippen LogP contribution in [-0.2, 0) is 15.9 Å². The van der Waals surface area contributed by atoms with E-state index in [-0.39, 0.29) is 24.0 Å². The molecule has 0 unspecified atom stereocenters. The molecule has 0 radical (unpaired) electrons. The van der Waals surface area contributed by atoms with Gasteiger partial charge in [0.1, 0.15) is 5.82 Å². The summed E-state index contributed by atoms with van der Waals surface area (Å²) in [5, 5.41) is 16.6. The molecule has 0 amide bonds. The van der Waals surface area contributed by atoms with Crippen LogP contribution in [0.25, 0.3) is 0 Å². The summed E-state index contributed by atoms with van der Waals surface area (Å²) < 4.78 is 12.8. The van der Waals surface area contributed by atoms with Crippen molar-refractivity contribution in [3.63, 3.8) is 0 Å². The van der Waals surface area contributed by atoms with E-state index >= 15 is 0 Å². The quantitative estimate of drug-likeness (QED) is 0.131.